The lowest BCUT2D eigenvalue weighted by Gasteiger charge is -2.35. The van der Waals surface area contributed by atoms with Crippen molar-refractivity contribution < 1.29 is 55.6 Å². The highest BCUT2D eigenvalue weighted by Gasteiger charge is 2.40. The second kappa shape index (κ2) is 12.9. The van der Waals surface area contributed by atoms with Crippen LogP contribution in [-0.4, -0.2) is 87.0 Å². The van der Waals surface area contributed by atoms with E-state index in [9.17, 15) is 26.3 Å². The summed E-state index contributed by atoms with van der Waals surface area (Å²) in [5, 5.41) is 14.2. The van der Waals surface area contributed by atoms with Crippen LogP contribution in [0.5, 0.6) is 0 Å². The number of likely N-dealkylation sites (tertiary alicyclic amines) is 1. The number of halogens is 6. The van der Waals surface area contributed by atoms with Crippen LogP contribution in [0.25, 0.3) is 0 Å². The molecule has 0 saturated carbocycles. The van der Waals surface area contributed by atoms with Gasteiger partial charge in [-0.15, -0.1) is 0 Å². The SMILES string of the molecule is CCOC[C@H]1CC[C@H]2[C@H](CCN2Cc2nccn2C)O1.O=C(O)C(F)(F)F.O=C(O)C(F)(F)F. The molecule has 0 aliphatic carbocycles. The first kappa shape index (κ1) is 29.6. The van der Waals surface area contributed by atoms with Gasteiger partial charge in [0.1, 0.15) is 5.82 Å². The van der Waals surface area contributed by atoms with Crippen molar-refractivity contribution in [1.82, 2.24) is 14.5 Å². The van der Waals surface area contributed by atoms with Crippen LogP contribution < -0.4 is 0 Å². The molecule has 0 amide bonds. The molecule has 0 radical (unpaired) electrons. The maximum Gasteiger partial charge on any atom is 0.490 e. The fraction of sp³-hybridized carbons (Fsp3) is 0.737. The molecule has 9 nitrogen and oxygen atoms in total. The highest BCUT2D eigenvalue weighted by atomic mass is 19.4. The van der Waals surface area contributed by atoms with Crippen molar-refractivity contribution in [3.05, 3.63) is 18.2 Å². The third-order valence-corrected chi connectivity index (χ3v) is 5.01. The molecule has 2 aliphatic rings. The number of carbonyl (C=O) groups is 2. The van der Waals surface area contributed by atoms with Crippen molar-refractivity contribution in [1.29, 1.82) is 0 Å². The van der Waals surface area contributed by atoms with Gasteiger partial charge in [0, 0.05) is 38.6 Å². The van der Waals surface area contributed by atoms with Gasteiger partial charge >= 0.3 is 24.3 Å². The summed E-state index contributed by atoms with van der Waals surface area (Å²) in [4.78, 5) is 24.8. The Hall–Kier alpha value is -2.39. The lowest BCUT2D eigenvalue weighted by atomic mass is 9.99. The Labute approximate surface area is 191 Å². The van der Waals surface area contributed by atoms with Gasteiger partial charge < -0.3 is 24.3 Å². The molecule has 3 heterocycles. The Kier molecular flexibility index (Phi) is 11.2. The Balaban J connectivity index is 0.000000343. The van der Waals surface area contributed by atoms with E-state index < -0.39 is 24.3 Å². The molecule has 196 valence electrons. The standard InChI is InChI=1S/C15H25N3O2.2C2HF3O2/c1-3-19-11-12-4-5-13-14(20-12)6-8-18(13)10-15-16-7-9-17(15)2;2*3-2(4,5)1(6)7/h7,9,12-14H,3-6,8,10-11H2,1-2H3;2*(H,6,7)/t12-,13+,14+;;/m1../s1. The number of carboxylic acid groups (broad SMARTS) is 2. The molecule has 2 fully saturated rings. The summed E-state index contributed by atoms with van der Waals surface area (Å²) >= 11 is 0. The molecule has 34 heavy (non-hydrogen) atoms. The molecule has 0 aromatic carbocycles. The highest BCUT2D eigenvalue weighted by molar-refractivity contribution is 5.73. The van der Waals surface area contributed by atoms with Crippen molar-refractivity contribution in [2.45, 2.75) is 63.3 Å². The van der Waals surface area contributed by atoms with Crippen molar-refractivity contribution in [3.8, 4) is 0 Å². The number of fused-ring (bicyclic) bond motifs is 1. The van der Waals surface area contributed by atoms with E-state index in [1.165, 1.54) is 6.42 Å². The molecule has 2 N–H and O–H groups in total. The number of carboxylic acids is 2. The van der Waals surface area contributed by atoms with Gasteiger partial charge in [-0.25, -0.2) is 14.6 Å². The van der Waals surface area contributed by atoms with Crippen molar-refractivity contribution in [3.63, 3.8) is 0 Å². The monoisotopic (exact) mass is 507 g/mol. The quantitative estimate of drug-likeness (QED) is 0.585. The van der Waals surface area contributed by atoms with Gasteiger partial charge in [-0.1, -0.05) is 0 Å². The number of aromatic nitrogens is 2. The minimum absolute atomic E-state index is 0.296. The van der Waals surface area contributed by atoms with Crippen molar-refractivity contribution in [2.24, 2.45) is 7.05 Å². The molecule has 0 bridgehead atoms. The van der Waals surface area contributed by atoms with Crippen molar-refractivity contribution >= 4 is 11.9 Å². The van der Waals surface area contributed by atoms with Crippen LogP contribution in [0, 0.1) is 0 Å². The summed E-state index contributed by atoms with van der Waals surface area (Å²) in [7, 11) is 2.06. The molecular formula is C19H27F6N3O6. The van der Waals surface area contributed by atoms with Crippen LogP contribution >= 0.6 is 0 Å². The number of rotatable bonds is 5. The van der Waals surface area contributed by atoms with E-state index in [2.05, 4.69) is 21.5 Å². The maximum atomic E-state index is 10.6. The predicted molar refractivity (Wildman–Crippen MR) is 104 cm³/mol. The number of ether oxygens (including phenoxy) is 2. The van der Waals surface area contributed by atoms with Gasteiger partial charge in [-0.3, -0.25) is 4.90 Å². The van der Waals surface area contributed by atoms with Crippen LogP contribution in [0.2, 0.25) is 0 Å². The largest absolute Gasteiger partial charge is 0.490 e. The molecule has 0 spiro atoms. The van der Waals surface area contributed by atoms with E-state index in [0.717, 1.165) is 45.0 Å². The first-order valence-electron chi connectivity index (χ1n) is 10.2. The van der Waals surface area contributed by atoms with Gasteiger partial charge in [0.15, 0.2) is 0 Å². The Morgan fingerprint density at radius 2 is 1.68 bits per heavy atom. The Morgan fingerprint density at radius 3 is 2.12 bits per heavy atom. The molecule has 2 aliphatic heterocycles. The summed E-state index contributed by atoms with van der Waals surface area (Å²) in [5.41, 5.74) is 0. The third kappa shape index (κ3) is 9.85. The zero-order valence-electron chi connectivity index (χ0n) is 18.5. The first-order chi connectivity index (χ1) is 15.7. The van der Waals surface area contributed by atoms with E-state index in [4.69, 9.17) is 29.3 Å². The molecule has 1 aromatic rings. The predicted octanol–water partition coefficient (Wildman–Crippen LogP) is 2.85. The fourth-order valence-electron chi connectivity index (χ4n) is 3.38. The number of imidazole rings is 1. The molecular weight excluding hydrogens is 480 g/mol. The van der Waals surface area contributed by atoms with Crippen LogP contribution in [0.15, 0.2) is 12.4 Å². The maximum absolute atomic E-state index is 10.6. The average molecular weight is 507 g/mol. The van der Waals surface area contributed by atoms with Gasteiger partial charge in [0.05, 0.1) is 25.4 Å². The minimum Gasteiger partial charge on any atom is -0.475 e. The zero-order valence-corrected chi connectivity index (χ0v) is 18.5. The zero-order chi connectivity index (χ0) is 26.1. The van der Waals surface area contributed by atoms with Gasteiger partial charge in [-0.05, 0) is 26.2 Å². The van der Waals surface area contributed by atoms with E-state index in [-0.39, 0.29) is 0 Å². The van der Waals surface area contributed by atoms with E-state index in [0.29, 0.717) is 18.2 Å². The number of hydrogen-bond donors (Lipinski definition) is 2. The average Bonchev–Trinajstić information content (AvgIpc) is 3.32. The number of aryl methyl sites for hydroxylation is 1. The van der Waals surface area contributed by atoms with E-state index in [1.807, 2.05) is 19.3 Å². The molecule has 3 atom stereocenters. The molecule has 0 unspecified atom stereocenters. The van der Waals surface area contributed by atoms with Crippen LogP contribution in [0.1, 0.15) is 32.0 Å². The fourth-order valence-corrected chi connectivity index (χ4v) is 3.38. The number of aliphatic carboxylic acids is 2. The molecule has 15 heteroatoms. The minimum atomic E-state index is -5.08. The van der Waals surface area contributed by atoms with E-state index >= 15 is 0 Å². The molecule has 3 rings (SSSR count). The second-order valence-corrected chi connectivity index (χ2v) is 7.42. The van der Waals surface area contributed by atoms with Crippen LogP contribution in [0.3, 0.4) is 0 Å². The smallest absolute Gasteiger partial charge is 0.475 e. The normalized spacial score (nSPS) is 22.6. The van der Waals surface area contributed by atoms with Crippen molar-refractivity contribution in [2.75, 3.05) is 19.8 Å². The molecule has 1 aromatic heterocycles. The van der Waals surface area contributed by atoms with Gasteiger partial charge in [-0.2, -0.15) is 26.3 Å². The van der Waals surface area contributed by atoms with E-state index in [1.54, 1.807) is 0 Å². The van der Waals surface area contributed by atoms with Crippen LogP contribution in [0.4, 0.5) is 26.3 Å². The topological polar surface area (TPSA) is 114 Å². The summed E-state index contributed by atoms with van der Waals surface area (Å²) < 4.78 is 77.3. The lowest BCUT2D eigenvalue weighted by molar-refractivity contribution is -0.193. The van der Waals surface area contributed by atoms with Crippen LogP contribution in [-0.2, 0) is 32.7 Å². The molecule has 2 saturated heterocycles. The Bertz CT molecular complexity index is 761. The first-order valence-corrected chi connectivity index (χ1v) is 10.2. The number of nitrogens with zero attached hydrogens (tertiary/aromatic N) is 3. The second-order valence-electron chi connectivity index (χ2n) is 7.42. The summed E-state index contributed by atoms with van der Waals surface area (Å²) in [6.07, 6.45) is -2.14. The summed E-state index contributed by atoms with van der Waals surface area (Å²) in [5.74, 6) is -4.37. The Morgan fingerprint density at radius 1 is 1.12 bits per heavy atom. The number of alkyl halides is 6. The number of hydrogen-bond acceptors (Lipinski definition) is 6. The summed E-state index contributed by atoms with van der Waals surface area (Å²) in [6, 6.07) is 0.560. The van der Waals surface area contributed by atoms with Gasteiger partial charge in [0.2, 0.25) is 0 Å². The lowest BCUT2D eigenvalue weighted by Crippen LogP contribution is -2.43. The van der Waals surface area contributed by atoms with Gasteiger partial charge in [0.25, 0.3) is 0 Å². The summed E-state index contributed by atoms with van der Waals surface area (Å²) in [6.45, 7) is 5.61. The highest BCUT2D eigenvalue weighted by Crippen LogP contribution is 2.32. The third-order valence-electron chi connectivity index (χ3n) is 5.01.